The lowest BCUT2D eigenvalue weighted by atomic mass is 9.96. The van der Waals surface area contributed by atoms with E-state index in [0.29, 0.717) is 56.1 Å². The lowest BCUT2D eigenvalue weighted by molar-refractivity contribution is -0.147. The van der Waals surface area contributed by atoms with E-state index in [-0.39, 0.29) is 24.8 Å². The van der Waals surface area contributed by atoms with Gasteiger partial charge < -0.3 is 48.4 Å². The standard InChI is InChI=1S/C23H37N3O4.C15H21ClN2O2.C8H17NO2/c1-19-17-26(23(27)30-18-20-7-5-4-6-8-20)16-15-25(19)14-13-24-11-9-21(10-12-24)22(28-2)29-3;1-13-11-18(10-9-17(13)8-7-16)15(19)20-12-14-5-3-2-4-6-14;1-10-8(11-2)7-3-5-9-6-4-7/h4-8,19,21-22H,9-18H2,1-3H3;2-6,13H,7-12H2,1H3;7-9H,3-6H2,1-2H3/t19-;13-;/m00./s1. The van der Waals surface area contributed by atoms with E-state index in [0.717, 1.165) is 109 Å². The summed E-state index contributed by atoms with van der Waals surface area (Å²) in [7, 11) is 6.85. The number of piperidine rings is 2. The Labute approximate surface area is 371 Å². The molecule has 0 saturated carbocycles. The van der Waals surface area contributed by atoms with Crippen LogP contribution >= 0.6 is 11.6 Å². The van der Waals surface area contributed by atoms with E-state index >= 15 is 0 Å². The summed E-state index contributed by atoms with van der Waals surface area (Å²) in [6.07, 6.45) is 4.02. The van der Waals surface area contributed by atoms with Crippen LogP contribution in [0.4, 0.5) is 9.59 Å². The Morgan fingerprint density at radius 1 is 0.607 bits per heavy atom. The maximum atomic E-state index is 12.4. The minimum atomic E-state index is -0.230. The molecule has 344 valence electrons. The van der Waals surface area contributed by atoms with Crippen molar-refractivity contribution < 1.29 is 38.0 Å². The number of nitrogens with zero attached hydrogens (tertiary/aromatic N) is 5. The zero-order valence-electron chi connectivity index (χ0n) is 37.8. The number of amides is 2. The van der Waals surface area contributed by atoms with Gasteiger partial charge in [-0.05, 0) is 76.8 Å². The maximum Gasteiger partial charge on any atom is 0.410 e. The highest BCUT2D eigenvalue weighted by molar-refractivity contribution is 6.18. The van der Waals surface area contributed by atoms with Gasteiger partial charge in [-0.25, -0.2) is 9.59 Å². The van der Waals surface area contributed by atoms with Crippen molar-refractivity contribution in [1.29, 1.82) is 0 Å². The Balaban J connectivity index is 0.000000226. The second kappa shape index (κ2) is 28.6. The molecule has 1 N–H and O–H groups in total. The van der Waals surface area contributed by atoms with Gasteiger partial charge in [0.05, 0.1) is 0 Å². The SMILES string of the molecule is COC(OC)C1CCN(CCN2CCN(C(=O)OCc3ccccc3)C[C@@H]2C)CC1.COC(OC)C1CCNCC1.C[C@H]1CN(C(=O)OCc2ccccc2)CCN1CCCl. The first-order valence-electron chi connectivity index (χ1n) is 22.2. The molecule has 0 spiro atoms. The van der Waals surface area contributed by atoms with E-state index in [9.17, 15) is 9.59 Å². The van der Waals surface area contributed by atoms with Crippen LogP contribution < -0.4 is 5.32 Å². The molecule has 4 fully saturated rings. The molecule has 2 aromatic carbocycles. The van der Waals surface area contributed by atoms with Gasteiger partial charge in [0, 0.05) is 117 Å². The van der Waals surface area contributed by atoms with Crippen LogP contribution in [0.3, 0.4) is 0 Å². The van der Waals surface area contributed by atoms with Gasteiger partial charge in [-0.2, -0.15) is 0 Å². The molecule has 0 radical (unpaired) electrons. The second-order valence-corrected chi connectivity index (χ2v) is 16.8. The summed E-state index contributed by atoms with van der Waals surface area (Å²) in [5, 5.41) is 3.31. The summed E-state index contributed by atoms with van der Waals surface area (Å²) < 4.78 is 32.1. The molecule has 2 atom stereocenters. The number of piperazine rings is 2. The van der Waals surface area contributed by atoms with Crippen LogP contribution in [0, 0.1) is 11.8 Å². The Kier molecular flexibility index (Phi) is 23.7. The summed E-state index contributed by atoms with van der Waals surface area (Å²) in [5.74, 6) is 1.69. The molecule has 2 amide bonds. The molecule has 2 aromatic rings. The third-order valence-corrected chi connectivity index (χ3v) is 12.4. The van der Waals surface area contributed by atoms with E-state index in [1.807, 2.05) is 65.6 Å². The lowest BCUT2D eigenvalue weighted by Crippen LogP contribution is -2.55. The fourth-order valence-corrected chi connectivity index (χ4v) is 8.73. The van der Waals surface area contributed by atoms with Crippen LogP contribution in [0.1, 0.15) is 50.7 Å². The van der Waals surface area contributed by atoms with Gasteiger partial charge in [-0.1, -0.05) is 60.7 Å². The van der Waals surface area contributed by atoms with Crippen LogP contribution in [0.25, 0.3) is 0 Å². The number of methoxy groups -OCH3 is 4. The largest absolute Gasteiger partial charge is 0.445 e. The number of carbonyl (C=O) groups is 2. The van der Waals surface area contributed by atoms with Crippen LogP contribution in [-0.2, 0) is 41.6 Å². The molecule has 15 heteroatoms. The molecule has 6 rings (SSSR count). The van der Waals surface area contributed by atoms with Crippen molar-refractivity contribution in [2.45, 2.75) is 77.4 Å². The van der Waals surface area contributed by atoms with Gasteiger partial charge in [0.25, 0.3) is 0 Å². The van der Waals surface area contributed by atoms with E-state index in [1.54, 1.807) is 33.3 Å². The molecule has 4 aliphatic rings. The van der Waals surface area contributed by atoms with Crippen molar-refractivity contribution in [3.05, 3.63) is 71.8 Å². The Bertz CT molecular complexity index is 1460. The number of nitrogens with one attached hydrogen (secondary N) is 1. The zero-order valence-corrected chi connectivity index (χ0v) is 38.5. The number of alkyl halides is 1. The number of ether oxygens (including phenoxy) is 6. The zero-order chi connectivity index (χ0) is 43.8. The first-order valence-corrected chi connectivity index (χ1v) is 22.7. The Morgan fingerprint density at radius 3 is 1.44 bits per heavy atom. The molecule has 0 aliphatic carbocycles. The van der Waals surface area contributed by atoms with Crippen molar-refractivity contribution >= 4 is 23.8 Å². The number of hydrogen-bond acceptors (Lipinski definition) is 12. The molecule has 61 heavy (non-hydrogen) atoms. The minimum absolute atomic E-state index is 0.00269. The molecule has 4 aliphatic heterocycles. The Morgan fingerprint density at radius 2 is 1.03 bits per heavy atom. The molecule has 4 saturated heterocycles. The van der Waals surface area contributed by atoms with Crippen molar-refractivity contribution in [2.75, 3.05) is 119 Å². The van der Waals surface area contributed by atoms with Crippen molar-refractivity contribution in [2.24, 2.45) is 11.8 Å². The van der Waals surface area contributed by atoms with Crippen molar-refractivity contribution in [3.8, 4) is 0 Å². The van der Waals surface area contributed by atoms with Crippen LogP contribution in [0.5, 0.6) is 0 Å². The second-order valence-electron chi connectivity index (χ2n) is 16.4. The van der Waals surface area contributed by atoms with Gasteiger partial charge in [0.1, 0.15) is 13.2 Å². The van der Waals surface area contributed by atoms with E-state index < -0.39 is 0 Å². The fourth-order valence-electron chi connectivity index (χ4n) is 8.51. The molecular formula is C46H75ClN6O8. The van der Waals surface area contributed by atoms with Crippen molar-refractivity contribution in [3.63, 3.8) is 0 Å². The molecule has 4 heterocycles. The fraction of sp³-hybridized carbons (Fsp3) is 0.696. The highest BCUT2D eigenvalue weighted by atomic mass is 35.5. The number of benzene rings is 2. The first kappa shape index (κ1) is 50.6. The molecule has 14 nitrogen and oxygen atoms in total. The lowest BCUT2D eigenvalue weighted by Gasteiger charge is -2.41. The summed E-state index contributed by atoms with van der Waals surface area (Å²) >= 11 is 5.77. The van der Waals surface area contributed by atoms with Gasteiger partial charge in [0.2, 0.25) is 0 Å². The van der Waals surface area contributed by atoms with E-state index in [1.165, 1.54) is 0 Å². The quantitative estimate of drug-likeness (QED) is 0.172. The van der Waals surface area contributed by atoms with E-state index in [2.05, 4.69) is 33.9 Å². The average Bonchev–Trinajstić information content (AvgIpc) is 3.30. The first-order chi connectivity index (χ1) is 29.7. The predicted molar refractivity (Wildman–Crippen MR) is 240 cm³/mol. The Hall–Kier alpha value is -3.05. The highest BCUT2D eigenvalue weighted by Gasteiger charge is 2.30. The molecule has 0 unspecified atom stereocenters. The summed E-state index contributed by atoms with van der Waals surface area (Å²) in [6.45, 7) is 16.9. The van der Waals surface area contributed by atoms with Gasteiger partial charge >= 0.3 is 12.2 Å². The third-order valence-electron chi connectivity index (χ3n) is 12.2. The third kappa shape index (κ3) is 17.6. The normalized spacial score (nSPS) is 21.1. The minimum Gasteiger partial charge on any atom is -0.445 e. The summed E-state index contributed by atoms with van der Waals surface area (Å²) in [4.78, 5) is 35.4. The topological polar surface area (TPSA) is 118 Å². The summed E-state index contributed by atoms with van der Waals surface area (Å²) in [6, 6.07) is 20.2. The maximum absolute atomic E-state index is 12.4. The van der Waals surface area contributed by atoms with Crippen LogP contribution in [-0.4, -0.2) is 181 Å². The highest BCUT2D eigenvalue weighted by Crippen LogP contribution is 2.23. The number of hydrogen-bond donors (Lipinski definition) is 1. The van der Waals surface area contributed by atoms with Gasteiger partial charge in [0.15, 0.2) is 12.6 Å². The van der Waals surface area contributed by atoms with Gasteiger partial charge in [-0.3, -0.25) is 9.80 Å². The van der Waals surface area contributed by atoms with Crippen molar-refractivity contribution in [1.82, 2.24) is 29.8 Å². The van der Waals surface area contributed by atoms with Crippen LogP contribution in [0.15, 0.2) is 60.7 Å². The predicted octanol–water partition coefficient (Wildman–Crippen LogP) is 5.83. The monoisotopic (exact) mass is 875 g/mol. The van der Waals surface area contributed by atoms with Gasteiger partial charge in [-0.15, -0.1) is 11.6 Å². The molecule has 0 bridgehead atoms. The smallest absolute Gasteiger partial charge is 0.410 e. The molecular weight excluding hydrogens is 800 g/mol. The summed E-state index contributed by atoms with van der Waals surface area (Å²) in [5.41, 5.74) is 2.03. The number of carbonyl (C=O) groups excluding carboxylic acids is 2. The number of likely N-dealkylation sites (tertiary alicyclic amines) is 1. The number of halogens is 1. The number of rotatable bonds is 15. The van der Waals surface area contributed by atoms with E-state index in [4.69, 9.17) is 40.0 Å². The van der Waals surface area contributed by atoms with Crippen LogP contribution in [0.2, 0.25) is 0 Å². The molecule has 0 aromatic heterocycles. The average molecular weight is 876 g/mol.